The van der Waals surface area contributed by atoms with Gasteiger partial charge in [-0.05, 0) is 57.8 Å². The fraction of sp³-hybridized carbons (Fsp3) is 0.913. The minimum Gasteiger partial charge on any atom is -0.368 e. The molecule has 0 spiro atoms. The molecule has 1 aliphatic heterocycles. The maximum Gasteiger partial charge on any atom is 0.252 e. The van der Waals surface area contributed by atoms with E-state index in [2.05, 4.69) is 5.32 Å². The van der Waals surface area contributed by atoms with E-state index in [1.807, 2.05) is 4.90 Å². The van der Waals surface area contributed by atoms with Gasteiger partial charge in [0.05, 0.1) is 17.6 Å². The third kappa shape index (κ3) is 4.39. The molecule has 1 saturated heterocycles. The first kappa shape index (κ1) is 23.1. The van der Waals surface area contributed by atoms with Crippen LogP contribution in [0.3, 0.4) is 0 Å². The molecule has 2 amide bonds. The van der Waals surface area contributed by atoms with Crippen molar-refractivity contribution < 1.29 is 23.5 Å². The molecule has 6 fully saturated rings. The van der Waals surface area contributed by atoms with Gasteiger partial charge in [0, 0.05) is 35.8 Å². The molecule has 1 N–H and O–H groups in total. The number of nitrogens with one attached hydrogen (secondary N) is 1. The number of likely N-dealkylation sites (tertiary alicyclic amines) is 1. The van der Waals surface area contributed by atoms with Gasteiger partial charge in [-0.2, -0.15) is 0 Å². The number of hydrogen-bond donors (Lipinski definition) is 1. The summed E-state index contributed by atoms with van der Waals surface area (Å²) in [6, 6.07) is 0. The minimum atomic E-state index is -1.07. The van der Waals surface area contributed by atoms with E-state index >= 15 is 0 Å². The molecule has 0 aromatic heterocycles. The van der Waals surface area contributed by atoms with Crippen LogP contribution in [0.2, 0.25) is 0 Å². The smallest absolute Gasteiger partial charge is 0.252 e. The van der Waals surface area contributed by atoms with Gasteiger partial charge in [0.1, 0.15) is 18.9 Å². The van der Waals surface area contributed by atoms with Gasteiger partial charge in [0.25, 0.3) is 5.91 Å². The van der Waals surface area contributed by atoms with Crippen LogP contribution in [-0.4, -0.2) is 76.2 Å². The van der Waals surface area contributed by atoms with Crippen molar-refractivity contribution in [3.8, 4) is 0 Å². The zero-order valence-electron chi connectivity index (χ0n) is 18.4. The number of carbonyl (C=O) groups is 2. The molecular formula is C23H33Cl2FN2O4. The lowest BCUT2D eigenvalue weighted by Crippen LogP contribution is -2.84. The average molecular weight is 491 g/mol. The highest BCUT2D eigenvalue weighted by Crippen LogP contribution is 2.64. The summed E-state index contributed by atoms with van der Waals surface area (Å²) < 4.78 is 25.5. The zero-order valence-corrected chi connectivity index (χ0v) is 19.9. The van der Waals surface area contributed by atoms with E-state index in [-0.39, 0.29) is 59.6 Å². The molecular weight excluding hydrogens is 458 g/mol. The maximum absolute atomic E-state index is 13.7. The van der Waals surface area contributed by atoms with Crippen LogP contribution in [-0.2, 0) is 19.1 Å². The van der Waals surface area contributed by atoms with E-state index in [9.17, 15) is 14.0 Å². The molecule has 6 rings (SSSR count). The van der Waals surface area contributed by atoms with Crippen LogP contribution >= 0.6 is 23.2 Å². The fourth-order valence-corrected chi connectivity index (χ4v) is 6.99. The monoisotopic (exact) mass is 490 g/mol. The average Bonchev–Trinajstić information content (AvgIpc) is 3.06. The highest BCUT2D eigenvalue weighted by Gasteiger charge is 2.72. The van der Waals surface area contributed by atoms with Gasteiger partial charge in [0.15, 0.2) is 0 Å². The highest BCUT2D eigenvalue weighted by atomic mass is 35.5. The Kier molecular flexibility index (Phi) is 6.40. The highest BCUT2D eigenvalue weighted by molar-refractivity contribution is 6.21. The van der Waals surface area contributed by atoms with E-state index in [0.29, 0.717) is 12.8 Å². The zero-order chi connectivity index (χ0) is 22.5. The number of alkyl halides is 3. The number of halogens is 3. The summed E-state index contributed by atoms with van der Waals surface area (Å²) in [4.78, 5) is 27.4. The summed E-state index contributed by atoms with van der Waals surface area (Å²) in [6.45, 7) is 0.678. The summed E-state index contributed by atoms with van der Waals surface area (Å²) in [5, 5.41) is 2.89. The molecule has 5 saturated carbocycles. The van der Waals surface area contributed by atoms with Crippen molar-refractivity contribution in [2.75, 3.05) is 13.2 Å². The van der Waals surface area contributed by atoms with Crippen molar-refractivity contribution >= 4 is 35.0 Å². The molecule has 5 aliphatic carbocycles. The summed E-state index contributed by atoms with van der Waals surface area (Å²) in [6.07, 6.45) is 6.91. The Morgan fingerprint density at radius 2 is 1.75 bits per heavy atom. The minimum absolute atomic E-state index is 0.0534. The van der Waals surface area contributed by atoms with Gasteiger partial charge in [-0.1, -0.05) is 0 Å². The van der Waals surface area contributed by atoms with Crippen molar-refractivity contribution in [1.29, 1.82) is 0 Å². The molecule has 4 atom stereocenters. The Morgan fingerprint density at radius 3 is 2.44 bits per heavy atom. The maximum atomic E-state index is 13.7. The molecule has 2 bridgehead atoms. The van der Waals surface area contributed by atoms with E-state index in [4.69, 9.17) is 32.7 Å². The Morgan fingerprint density at radius 1 is 1.06 bits per heavy atom. The van der Waals surface area contributed by atoms with Gasteiger partial charge in [-0.15, -0.1) is 23.2 Å². The standard InChI is InChI=1S/C23H33Cl2FN2O4/c24-14-1-3-15(4-2-14)32-19-7-8-28(21(19)30)23-11-22(12-23,13-23)27-20(29)10-31-16-5-6-17(25)18(26)9-16/h14-19H,1-13H2,(H,27,29)/t14?,15?,16?,17?,18?,19-,22?,23?/m0/s1. The molecule has 0 aromatic carbocycles. The molecule has 180 valence electrons. The van der Waals surface area contributed by atoms with Gasteiger partial charge < -0.3 is 19.7 Å². The summed E-state index contributed by atoms with van der Waals surface area (Å²) in [5.41, 5.74) is -0.327. The number of nitrogens with zero attached hydrogens (tertiary/aromatic N) is 1. The normalized spacial score (nSPS) is 45.8. The summed E-state index contributed by atoms with van der Waals surface area (Å²) in [7, 11) is 0. The molecule has 0 radical (unpaired) electrons. The molecule has 6 aliphatic rings. The van der Waals surface area contributed by atoms with Crippen molar-refractivity contribution in [2.24, 2.45) is 0 Å². The summed E-state index contributed by atoms with van der Waals surface area (Å²) >= 11 is 12.1. The number of rotatable bonds is 7. The number of hydrogen-bond acceptors (Lipinski definition) is 4. The third-order valence-corrected chi connectivity index (χ3v) is 9.12. The molecule has 6 nitrogen and oxygen atoms in total. The quantitative estimate of drug-likeness (QED) is 0.554. The van der Waals surface area contributed by atoms with Crippen LogP contribution in [0.5, 0.6) is 0 Å². The molecule has 0 aromatic rings. The lowest BCUT2D eigenvalue weighted by Gasteiger charge is -2.73. The Bertz CT molecular complexity index is 728. The van der Waals surface area contributed by atoms with Crippen LogP contribution in [0.25, 0.3) is 0 Å². The van der Waals surface area contributed by atoms with Crippen molar-refractivity contribution in [3.63, 3.8) is 0 Å². The second-order valence-corrected chi connectivity index (χ2v) is 11.8. The van der Waals surface area contributed by atoms with E-state index < -0.39 is 11.5 Å². The molecule has 9 heteroatoms. The van der Waals surface area contributed by atoms with Crippen LogP contribution in [0.4, 0.5) is 4.39 Å². The lowest BCUT2D eigenvalue weighted by molar-refractivity contribution is -0.191. The SMILES string of the molecule is O=C(COC1CCC(Cl)C(F)C1)NC12CC(N3CC[C@H](OC4CCC(Cl)CC4)C3=O)(C1)C2. The van der Waals surface area contributed by atoms with Crippen LogP contribution in [0.1, 0.15) is 70.6 Å². The second-order valence-electron chi connectivity index (χ2n) is 10.6. The molecule has 1 heterocycles. The Balaban J connectivity index is 1.04. The number of ether oxygens (including phenoxy) is 2. The first-order chi connectivity index (χ1) is 15.3. The summed E-state index contributed by atoms with van der Waals surface area (Å²) in [5.74, 6) is -0.0535. The van der Waals surface area contributed by atoms with Gasteiger partial charge in [-0.3, -0.25) is 9.59 Å². The van der Waals surface area contributed by atoms with Gasteiger partial charge >= 0.3 is 0 Å². The van der Waals surface area contributed by atoms with Gasteiger partial charge in [-0.25, -0.2) is 4.39 Å². The predicted molar refractivity (Wildman–Crippen MR) is 119 cm³/mol. The predicted octanol–water partition coefficient (Wildman–Crippen LogP) is 3.46. The first-order valence-corrected chi connectivity index (χ1v) is 13.0. The van der Waals surface area contributed by atoms with Crippen molar-refractivity contribution in [1.82, 2.24) is 10.2 Å². The first-order valence-electron chi connectivity index (χ1n) is 12.1. The molecule has 32 heavy (non-hydrogen) atoms. The van der Waals surface area contributed by atoms with E-state index in [1.54, 1.807) is 0 Å². The second kappa shape index (κ2) is 8.86. The van der Waals surface area contributed by atoms with Gasteiger partial charge in [0.2, 0.25) is 5.91 Å². The van der Waals surface area contributed by atoms with E-state index in [1.165, 1.54) is 0 Å². The van der Waals surface area contributed by atoms with E-state index in [0.717, 1.165) is 57.9 Å². The van der Waals surface area contributed by atoms with Crippen molar-refractivity contribution in [2.45, 2.75) is 117 Å². The topological polar surface area (TPSA) is 67.9 Å². The Labute approximate surface area is 198 Å². The Hall–Kier alpha value is -0.630. The largest absolute Gasteiger partial charge is 0.368 e. The third-order valence-electron chi connectivity index (χ3n) is 8.19. The van der Waals surface area contributed by atoms with Crippen molar-refractivity contribution in [3.05, 3.63) is 0 Å². The van der Waals surface area contributed by atoms with Crippen LogP contribution in [0, 0.1) is 0 Å². The lowest BCUT2D eigenvalue weighted by atomic mass is 9.43. The fourth-order valence-electron chi connectivity index (χ4n) is 6.51. The number of carbonyl (C=O) groups excluding carboxylic acids is 2. The molecule has 3 unspecified atom stereocenters. The van der Waals surface area contributed by atoms with Crippen LogP contribution in [0.15, 0.2) is 0 Å². The van der Waals surface area contributed by atoms with Crippen LogP contribution < -0.4 is 5.32 Å². The number of amides is 2.